The van der Waals surface area contributed by atoms with Gasteiger partial charge in [0.2, 0.25) is 0 Å². The first-order chi connectivity index (χ1) is 14.2. The Hall–Kier alpha value is -2.39. The van der Waals surface area contributed by atoms with Crippen molar-refractivity contribution in [3.05, 3.63) is 41.3 Å². The summed E-state index contributed by atoms with van der Waals surface area (Å²) < 4.78 is 37.0. The molecule has 160 valence electrons. The van der Waals surface area contributed by atoms with Gasteiger partial charge in [-0.25, -0.2) is 0 Å². The first-order valence-corrected chi connectivity index (χ1v) is 10.7. The highest BCUT2D eigenvalue weighted by Gasteiger charge is 2.40. The molecule has 0 spiro atoms. The van der Waals surface area contributed by atoms with Crippen LogP contribution < -0.4 is 10.6 Å². The molecule has 2 N–H and O–H groups in total. The molecule has 3 saturated heterocycles. The van der Waals surface area contributed by atoms with Crippen LogP contribution in [0.5, 0.6) is 0 Å². The number of halogens is 3. The lowest BCUT2D eigenvalue weighted by Crippen LogP contribution is -2.62. The zero-order valence-corrected chi connectivity index (χ0v) is 17.1. The molecule has 2 bridgehead atoms. The van der Waals surface area contributed by atoms with Gasteiger partial charge in [-0.05, 0) is 68.6 Å². The summed E-state index contributed by atoms with van der Waals surface area (Å²) in [7, 11) is 0. The minimum atomic E-state index is -4.93. The number of hydrogen-bond donors (Lipinski definition) is 2. The number of amides is 2. The van der Waals surface area contributed by atoms with E-state index in [-0.39, 0.29) is 17.6 Å². The minimum absolute atomic E-state index is 0.0620. The molecule has 0 unspecified atom stereocenters. The second-order valence-corrected chi connectivity index (χ2v) is 8.89. The van der Waals surface area contributed by atoms with Crippen molar-refractivity contribution >= 4 is 28.8 Å². The van der Waals surface area contributed by atoms with Crippen LogP contribution in [-0.2, 0) is 4.79 Å². The first kappa shape index (κ1) is 20.9. The fourth-order valence-electron chi connectivity index (χ4n) is 4.30. The molecule has 3 aliphatic rings. The summed E-state index contributed by atoms with van der Waals surface area (Å²) in [5, 5.41) is 5.02. The van der Waals surface area contributed by atoms with Crippen LogP contribution in [-0.4, -0.2) is 48.1 Å². The molecule has 5 nitrogen and oxygen atoms in total. The third kappa shape index (κ3) is 4.22. The summed E-state index contributed by atoms with van der Waals surface area (Å²) in [4.78, 5) is 27.6. The Morgan fingerprint density at radius 2 is 1.73 bits per heavy atom. The highest BCUT2D eigenvalue weighted by Crippen LogP contribution is 2.33. The third-order valence-corrected chi connectivity index (χ3v) is 7.12. The highest BCUT2D eigenvalue weighted by atomic mass is 32.1. The fourth-order valence-corrected chi connectivity index (χ4v) is 5.22. The van der Waals surface area contributed by atoms with Crippen LogP contribution >= 0.6 is 11.3 Å². The number of rotatable bonds is 4. The molecule has 30 heavy (non-hydrogen) atoms. The number of alkyl halides is 3. The van der Waals surface area contributed by atoms with E-state index in [1.54, 1.807) is 18.2 Å². The number of nitrogens with one attached hydrogen (secondary N) is 2. The van der Waals surface area contributed by atoms with Gasteiger partial charge in [0.1, 0.15) is 0 Å². The van der Waals surface area contributed by atoms with Crippen LogP contribution in [0.1, 0.15) is 29.4 Å². The summed E-state index contributed by atoms with van der Waals surface area (Å²) in [6, 6.07) is 10.1. The molecule has 2 atom stereocenters. The van der Waals surface area contributed by atoms with E-state index in [2.05, 4.69) is 17.1 Å². The van der Waals surface area contributed by atoms with Crippen molar-refractivity contribution in [3.8, 4) is 10.4 Å². The van der Waals surface area contributed by atoms with Gasteiger partial charge in [-0.3, -0.25) is 14.5 Å². The Morgan fingerprint density at radius 1 is 1.07 bits per heavy atom. The number of benzene rings is 1. The second kappa shape index (κ2) is 8.03. The summed E-state index contributed by atoms with van der Waals surface area (Å²) >= 11 is 1.33. The fraction of sp³-hybridized carbons (Fsp3) is 0.429. The molecular weight excluding hydrogens is 415 g/mol. The average molecular weight is 437 g/mol. The molecule has 0 radical (unpaired) electrons. The van der Waals surface area contributed by atoms with Gasteiger partial charge in [0.05, 0.1) is 4.88 Å². The van der Waals surface area contributed by atoms with E-state index in [4.69, 9.17) is 0 Å². The smallest absolute Gasteiger partial charge is 0.347 e. The Balaban J connectivity index is 1.41. The lowest BCUT2D eigenvalue weighted by Gasteiger charge is -2.49. The van der Waals surface area contributed by atoms with Crippen molar-refractivity contribution in [2.24, 2.45) is 5.92 Å². The second-order valence-electron chi connectivity index (χ2n) is 7.81. The van der Waals surface area contributed by atoms with Crippen LogP contribution in [0, 0.1) is 5.92 Å². The van der Waals surface area contributed by atoms with Crippen molar-refractivity contribution in [3.63, 3.8) is 0 Å². The monoisotopic (exact) mass is 437 g/mol. The molecular formula is C21H22F3N3O2S. The molecule has 3 aliphatic heterocycles. The zero-order valence-electron chi connectivity index (χ0n) is 16.3. The summed E-state index contributed by atoms with van der Waals surface area (Å²) in [5.74, 6) is -1.58. The first-order valence-electron chi connectivity index (χ1n) is 9.86. The van der Waals surface area contributed by atoms with E-state index in [1.807, 2.05) is 11.4 Å². The van der Waals surface area contributed by atoms with E-state index >= 15 is 0 Å². The predicted octanol–water partition coefficient (Wildman–Crippen LogP) is 4.13. The number of anilines is 1. The number of piperidine rings is 3. The Kier molecular flexibility index (Phi) is 5.59. The van der Waals surface area contributed by atoms with E-state index in [0.717, 1.165) is 36.4 Å². The van der Waals surface area contributed by atoms with Gasteiger partial charge in [-0.15, -0.1) is 11.3 Å². The average Bonchev–Trinajstić information content (AvgIpc) is 3.21. The highest BCUT2D eigenvalue weighted by molar-refractivity contribution is 7.17. The van der Waals surface area contributed by atoms with E-state index < -0.39 is 12.1 Å². The number of nitrogens with zero attached hydrogens (tertiary/aromatic N) is 1. The van der Waals surface area contributed by atoms with Crippen LogP contribution in [0.2, 0.25) is 0 Å². The molecule has 1 aromatic carbocycles. The van der Waals surface area contributed by atoms with E-state index in [0.29, 0.717) is 16.8 Å². The van der Waals surface area contributed by atoms with E-state index in [9.17, 15) is 22.8 Å². The Labute approximate surface area is 176 Å². The van der Waals surface area contributed by atoms with Crippen molar-refractivity contribution in [1.82, 2.24) is 10.2 Å². The van der Waals surface area contributed by atoms with Gasteiger partial charge in [0, 0.05) is 22.6 Å². The van der Waals surface area contributed by atoms with Gasteiger partial charge in [0.15, 0.2) is 0 Å². The van der Waals surface area contributed by atoms with Crippen molar-refractivity contribution in [1.29, 1.82) is 0 Å². The minimum Gasteiger partial charge on any atom is -0.347 e. The molecule has 5 rings (SSSR count). The van der Waals surface area contributed by atoms with Gasteiger partial charge in [0.25, 0.3) is 5.91 Å². The molecule has 0 saturated carbocycles. The molecule has 3 fully saturated rings. The largest absolute Gasteiger partial charge is 0.471 e. The summed E-state index contributed by atoms with van der Waals surface area (Å²) in [5.41, 5.74) is 0.826. The molecule has 1 aromatic heterocycles. The van der Waals surface area contributed by atoms with Crippen LogP contribution in [0.3, 0.4) is 0 Å². The standard InChI is InChI=1S/C21H22F3N3O2S/c1-12-18(14-8-10-27(12)11-9-14)26-19(28)17-7-6-16(30-17)13-2-4-15(5-3-13)25-20(29)21(22,23)24/h2-7,12,14,18H,8-11H2,1H3,(H,25,29)(H,26,28)/t12-,18-/m0/s1. The summed E-state index contributed by atoms with van der Waals surface area (Å²) in [6.45, 7) is 4.36. The Morgan fingerprint density at radius 3 is 2.33 bits per heavy atom. The van der Waals surface area contributed by atoms with Crippen molar-refractivity contribution in [2.75, 3.05) is 18.4 Å². The van der Waals surface area contributed by atoms with Crippen LogP contribution in [0.15, 0.2) is 36.4 Å². The number of thiophene rings is 1. The third-order valence-electron chi connectivity index (χ3n) is 5.99. The van der Waals surface area contributed by atoms with Gasteiger partial charge >= 0.3 is 12.1 Å². The SMILES string of the molecule is C[C@H]1[C@H](NC(=O)c2ccc(-c3ccc(NC(=O)C(F)(F)F)cc3)s2)C2CCN1CC2. The van der Waals surface area contributed by atoms with Gasteiger partial charge < -0.3 is 10.6 Å². The number of fused-ring (bicyclic) bond motifs is 3. The molecule has 2 aromatic rings. The van der Waals surface area contributed by atoms with E-state index in [1.165, 1.54) is 23.5 Å². The van der Waals surface area contributed by atoms with Crippen molar-refractivity contribution < 1.29 is 22.8 Å². The Bertz CT molecular complexity index is 932. The normalized spacial score (nSPS) is 25.7. The maximum Gasteiger partial charge on any atom is 0.471 e. The molecule has 4 heterocycles. The predicted molar refractivity (Wildman–Crippen MR) is 109 cm³/mol. The lowest BCUT2D eigenvalue weighted by atomic mass is 9.79. The zero-order chi connectivity index (χ0) is 21.5. The molecule has 9 heteroatoms. The molecule has 2 amide bonds. The van der Waals surface area contributed by atoms with Gasteiger partial charge in [-0.2, -0.15) is 13.2 Å². The van der Waals surface area contributed by atoms with Crippen LogP contribution in [0.4, 0.5) is 18.9 Å². The topological polar surface area (TPSA) is 61.4 Å². The van der Waals surface area contributed by atoms with Gasteiger partial charge in [-0.1, -0.05) is 12.1 Å². The maximum atomic E-state index is 12.8. The quantitative estimate of drug-likeness (QED) is 0.756. The van der Waals surface area contributed by atoms with Crippen molar-refractivity contribution in [2.45, 2.75) is 38.0 Å². The maximum absolute atomic E-state index is 12.8. The number of hydrogen-bond acceptors (Lipinski definition) is 4. The number of carbonyl (C=O) groups is 2. The molecule has 0 aliphatic carbocycles. The van der Waals surface area contributed by atoms with Crippen LogP contribution in [0.25, 0.3) is 10.4 Å². The number of carbonyl (C=O) groups excluding carboxylic acids is 2. The lowest BCUT2D eigenvalue weighted by molar-refractivity contribution is -0.167. The summed E-state index contributed by atoms with van der Waals surface area (Å²) in [6.07, 6.45) is -2.70.